The molecule has 0 radical (unpaired) electrons. The van der Waals surface area contributed by atoms with E-state index < -0.39 is 9.84 Å². The molecule has 1 N–H and O–H groups in total. The van der Waals surface area contributed by atoms with Gasteiger partial charge in [0.2, 0.25) is 5.91 Å². The van der Waals surface area contributed by atoms with Crippen LogP contribution in [-0.4, -0.2) is 27.7 Å². The monoisotopic (exact) mass is 375 g/mol. The van der Waals surface area contributed by atoms with Crippen molar-refractivity contribution in [1.82, 2.24) is 5.32 Å². The van der Waals surface area contributed by atoms with Gasteiger partial charge in [0.1, 0.15) is 5.75 Å². The van der Waals surface area contributed by atoms with Crippen LogP contribution in [0.2, 0.25) is 0 Å². The van der Waals surface area contributed by atoms with Gasteiger partial charge in [0.25, 0.3) is 0 Å². The van der Waals surface area contributed by atoms with E-state index in [1.54, 1.807) is 31.4 Å². The minimum absolute atomic E-state index is 0.0279. The average molecular weight is 375 g/mol. The number of hydrogen-bond acceptors (Lipinski definition) is 4. The molecular weight excluding hydrogens is 350 g/mol. The minimum Gasteiger partial charge on any atom is -0.497 e. The molecule has 0 aliphatic heterocycles. The lowest BCUT2D eigenvalue weighted by Crippen LogP contribution is -2.28. The van der Waals surface area contributed by atoms with Crippen molar-refractivity contribution >= 4 is 15.7 Å². The number of amides is 1. The van der Waals surface area contributed by atoms with Gasteiger partial charge in [-0.05, 0) is 48.2 Å². The number of carbonyl (C=O) groups is 1. The van der Waals surface area contributed by atoms with Crippen molar-refractivity contribution in [2.24, 2.45) is 0 Å². The van der Waals surface area contributed by atoms with E-state index in [9.17, 15) is 13.2 Å². The summed E-state index contributed by atoms with van der Waals surface area (Å²) in [5.74, 6) is 0.765. The fraction of sp³-hybridized carbons (Fsp3) is 0.350. The zero-order valence-corrected chi connectivity index (χ0v) is 16.2. The van der Waals surface area contributed by atoms with Gasteiger partial charge in [0, 0.05) is 12.7 Å². The third-order valence-electron chi connectivity index (χ3n) is 4.25. The van der Waals surface area contributed by atoms with Gasteiger partial charge in [-0.15, -0.1) is 0 Å². The Kier molecular flexibility index (Phi) is 6.80. The Morgan fingerprint density at radius 1 is 1.08 bits per heavy atom. The molecule has 26 heavy (non-hydrogen) atoms. The van der Waals surface area contributed by atoms with Crippen LogP contribution in [0.4, 0.5) is 0 Å². The summed E-state index contributed by atoms with van der Waals surface area (Å²) in [6.45, 7) is 1.99. The number of aryl methyl sites for hydroxylation is 1. The van der Waals surface area contributed by atoms with Gasteiger partial charge in [-0.2, -0.15) is 0 Å². The Labute approximate surface area is 155 Å². The standard InChI is InChI=1S/C20H25NO4S/c1-4-19(16-8-12-18(13-9-16)26(3,23)24)21-20(22)14-7-15-5-10-17(25-2)11-6-15/h5-6,8-13,19H,4,7,14H2,1-3H3,(H,21,22)/t19-/m1/s1. The Morgan fingerprint density at radius 2 is 1.69 bits per heavy atom. The maximum Gasteiger partial charge on any atom is 0.220 e. The smallest absolute Gasteiger partial charge is 0.220 e. The van der Waals surface area contributed by atoms with Gasteiger partial charge in [-0.3, -0.25) is 4.79 Å². The number of sulfone groups is 1. The Bertz CT molecular complexity index is 827. The van der Waals surface area contributed by atoms with Gasteiger partial charge < -0.3 is 10.1 Å². The van der Waals surface area contributed by atoms with E-state index in [0.29, 0.717) is 12.8 Å². The van der Waals surface area contributed by atoms with Crippen LogP contribution in [0.3, 0.4) is 0 Å². The molecule has 0 saturated carbocycles. The van der Waals surface area contributed by atoms with E-state index in [1.165, 1.54) is 6.26 Å². The number of nitrogens with one attached hydrogen (secondary N) is 1. The van der Waals surface area contributed by atoms with Crippen LogP contribution in [0.1, 0.15) is 36.9 Å². The summed E-state index contributed by atoms with van der Waals surface area (Å²) >= 11 is 0. The minimum atomic E-state index is -3.22. The summed E-state index contributed by atoms with van der Waals surface area (Å²) in [6, 6.07) is 14.2. The second kappa shape index (κ2) is 8.85. The predicted molar refractivity (Wildman–Crippen MR) is 102 cm³/mol. The second-order valence-corrected chi connectivity index (χ2v) is 8.23. The van der Waals surface area contributed by atoms with E-state index in [1.807, 2.05) is 31.2 Å². The van der Waals surface area contributed by atoms with Crippen LogP contribution in [0.15, 0.2) is 53.4 Å². The van der Waals surface area contributed by atoms with Crippen molar-refractivity contribution < 1.29 is 17.9 Å². The molecule has 0 saturated heterocycles. The molecule has 2 rings (SSSR count). The first-order chi connectivity index (χ1) is 12.3. The normalized spacial score (nSPS) is 12.4. The first kappa shape index (κ1) is 20.0. The van der Waals surface area contributed by atoms with Crippen LogP contribution in [0.5, 0.6) is 5.75 Å². The van der Waals surface area contributed by atoms with E-state index in [2.05, 4.69) is 5.32 Å². The maximum absolute atomic E-state index is 12.3. The van der Waals surface area contributed by atoms with Crippen molar-refractivity contribution in [3.63, 3.8) is 0 Å². The van der Waals surface area contributed by atoms with Gasteiger partial charge in [0.15, 0.2) is 9.84 Å². The molecule has 0 heterocycles. The number of hydrogen-bond donors (Lipinski definition) is 1. The fourth-order valence-electron chi connectivity index (χ4n) is 2.68. The number of rotatable bonds is 8. The number of ether oxygens (including phenoxy) is 1. The molecule has 0 fully saturated rings. The van der Waals surface area contributed by atoms with Gasteiger partial charge in [-0.25, -0.2) is 8.42 Å². The van der Waals surface area contributed by atoms with E-state index >= 15 is 0 Å². The molecule has 1 amide bonds. The Hall–Kier alpha value is -2.34. The summed E-state index contributed by atoms with van der Waals surface area (Å²) < 4.78 is 28.2. The first-order valence-corrected chi connectivity index (χ1v) is 10.4. The highest BCUT2D eigenvalue weighted by Gasteiger charge is 2.14. The molecule has 2 aromatic rings. The lowest BCUT2D eigenvalue weighted by Gasteiger charge is -2.18. The summed E-state index contributed by atoms with van der Waals surface area (Å²) in [4.78, 5) is 12.6. The summed E-state index contributed by atoms with van der Waals surface area (Å²) in [5, 5.41) is 3.02. The van der Waals surface area contributed by atoms with Crippen LogP contribution < -0.4 is 10.1 Å². The first-order valence-electron chi connectivity index (χ1n) is 8.55. The molecule has 2 aromatic carbocycles. The topological polar surface area (TPSA) is 72.5 Å². The molecule has 140 valence electrons. The largest absolute Gasteiger partial charge is 0.497 e. The predicted octanol–water partition coefficient (Wildman–Crippen LogP) is 3.30. The molecule has 0 aromatic heterocycles. The Balaban J connectivity index is 1.94. The van der Waals surface area contributed by atoms with Crippen molar-refractivity contribution in [3.8, 4) is 5.75 Å². The average Bonchev–Trinajstić information content (AvgIpc) is 2.64. The third-order valence-corrected chi connectivity index (χ3v) is 5.38. The number of carbonyl (C=O) groups excluding carboxylic acids is 1. The highest BCUT2D eigenvalue weighted by molar-refractivity contribution is 7.90. The molecule has 0 bridgehead atoms. The lowest BCUT2D eigenvalue weighted by molar-refractivity contribution is -0.121. The maximum atomic E-state index is 12.3. The molecule has 0 aliphatic carbocycles. The number of methoxy groups -OCH3 is 1. The highest BCUT2D eigenvalue weighted by atomic mass is 32.2. The number of benzene rings is 2. The summed E-state index contributed by atoms with van der Waals surface area (Å²) in [5.41, 5.74) is 1.98. The molecular formula is C20H25NO4S. The van der Waals surface area contributed by atoms with E-state index in [-0.39, 0.29) is 16.8 Å². The zero-order valence-electron chi connectivity index (χ0n) is 15.4. The van der Waals surface area contributed by atoms with E-state index in [0.717, 1.165) is 23.3 Å². The Morgan fingerprint density at radius 3 is 2.19 bits per heavy atom. The highest BCUT2D eigenvalue weighted by Crippen LogP contribution is 2.20. The molecule has 6 heteroatoms. The van der Waals surface area contributed by atoms with Gasteiger partial charge >= 0.3 is 0 Å². The lowest BCUT2D eigenvalue weighted by atomic mass is 10.0. The van der Waals surface area contributed by atoms with Crippen molar-refractivity contribution in [1.29, 1.82) is 0 Å². The third kappa shape index (κ3) is 5.59. The zero-order chi connectivity index (χ0) is 19.2. The van der Waals surface area contributed by atoms with Crippen LogP contribution in [-0.2, 0) is 21.1 Å². The molecule has 0 aliphatic rings. The SMILES string of the molecule is CC[C@@H](NC(=O)CCc1ccc(OC)cc1)c1ccc(S(C)(=O)=O)cc1. The van der Waals surface area contributed by atoms with Gasteiger partial charge in [-0.1, -0.05) is 31.2 Å². The van der Waals surface area contributed by atoms with Crippen LogP contribution in [0.25, 0.3) is 0 Å². The molecule has 0 unspecified atom stereocenters. The molecule has 5 nitrogen and oxygen atoms in total. The quantitative estimate of drug-likeness (QED) is 0.768. The van der Waals surface area contributed by atoms with Crippen molar-refractivity contribution in [3.05, 3.63) is 59.7 Å². The van der Waals surface area contributed by atoms with Crippen LogP contribution in [0, 0.1) is 0 Å². The van der Waals surface area contributed by atoms with Crippen molar-refractivity contribution in [2.45, 2.75) is 37.1 Å². The fourth-order valence-corrected chi connectivity index (χ4v) is 3.32. The van der Waals surface area contributed by atoms with Crippen LogP contribution >= 0.6 is 0 Å². The summed E-state index contributed by atoms with van der Waals surface area (Å²) in [7, 11) is -1.59. The second-order valence-electron chi connectivity index (χ2n) is 6.22. The van der Waals surface area contributed by atoms with Gasteiger partial charge in [0.05, 0.1) is 18.0 Å². The molecule has 0 spiro atoms. The molecule has 1 atom stereocenters. The van der Waals surface area contributed by atoms with Crippen molar-refractivity contribution in [2.75, 3.05) is 13.4 Å². The van der Waals surface area contributed by atoms with E-state index in [4.69, 9.17) is 4.74 Å². The summed E-state index contributed by atoms with van der Waals surface area (Å²) in [6.07, 6.45) is 2.95.